The number of aromatic nitrogens is 2. The minimum absolute atomic E-state index is 0.145. The minimum Gasteiger partial charge on any atom is -0.322 e. The van der Waals surface area contributed by atoms with Crippen molar-refractivity contribution in [3.05, 3.63) is 102 Å². The number of nitrogens with zero attached hydrogens (tertiary/aromatic N) is 2. The van der Waals surface area contributed by atoms with Gasteiger partial charge in [0.05, 0.1) is 22.3 Å². The first-order chi connectivity index (χ1) is 16.2. The van der Waals surface area contributed by atoms with Crippen molar-refractivity contribution in [2.75, 3.05) is 10.0 Å². The standard InChI is InChI=1S/C23H17F3N4O3S/c1-14-18(13-27-30(14)22-5-3-2-4-20(22)25)23(31)28-15-6-8-16(9-7-15)29-34(32,33)17-10-11-19(24)21(26)12-17/h2-13,29H,1H3,(H,28,31). The summed E-state index contributed by atoms with van der Waals surface area (Å²) in [6.07, 6.45) is 1.32. The Morgan fingerprint density at radius 1 is 0.882 bits per heavy atom. The highest BCUT2D eigenvalue weighted by atomic mass is 32.2. The fourth-order valence-electron chi connectivity index (χ4n) is 3.18. The van der Waals surface area contributed by atoms with Gasteiger partial charge in [0.1, 0.15) is 11.5 Å². The van der Waals surface area contributed by atoms with Gasteiger partial charge < -0.3 is 5.32 Å². The Morgan fingerprint density at radius 2 is 1.56 bits per heavy atom. The molecule has 0 bridgehead atoms. The second-order valence-corrected chi connectivity index (χ2v) is 8.90. The Hall–Kier alpha value is -4.12. The van der Waals surface area contributed by atoms with E-state index >= 15 is 0 Å². The van der Waals surface area contributed by atoms with Crippen molar-refractivity contribution in [3.63, 3.8) is 0 Å². The van der Waals surface area contributed by atoms with Crippen LogP contribution in [0.5, 0.6) is 0 Å². The molecule has 0 fully saturated rings. The van der Waals surface area contributed by atoms with E-state index in [4.69, 9.17) is 0 Å². The third-order valence-electron chi connectivity index (χ3n) is 4.93. The summed E-state index contributed by atoms with van der Waals surface area (Å²) in [5.41, 5.74) is 1.37. The molecule has 0 atom stereocenters. The van der Waals surface area contributed by atoms with Gasteiger partial charge in [0.25, 0.3) is 15.9 Å². The smallest absolute Gasteiger partial charge is 0.261 e. The van der Waals surface area contributed by atoms with Crippen LogP contribution in [-0.2, 0) is 10.0 Å². The molecule has 2 N–H and O–H groups in total. The molecule has 0 aliphatic rings. The topological polar surface area (TPSA) is 93.1 Å². The molecule has 1 aromatic heterocycles. The minimum atomic E-state index is -4.15. The Kier molecular flexibility index (Phi) is 6.12. The van der Waals surface area contributed by atoms with E-state index in [1.54, 1.807) is 19.1 Å². The van der Waals surface area contributed by atoms with Crippen LogP contribution in [0.1, 0.15) is 16.1 Å². The summed E-state index contributed by atoms with van der Waals surface area (Å²) in [6.45, 7) is 1.63. The number of nitrogens with one attached hydrogen (secondary N) is 2. The lowest BCUT2D eigenvalue weighted by Gasteiger charge is -2.10. The SMILES string of the molecule is Cc1c(C(=O)Nc2ccc(NS(=O)(=O)c3ccc(F)c(F)c3)cc2)cnn1-c1ccccc1F. The van der Waals surface area contributed by atoms with Gasteiger partial charge in [-0.2, -0.15) is 5.10 Å². The van der Waals surface area contributed by atoms with Crippen LogP contribution >= 0.6 is 0 Å². The van der Waals surface area contributed by atoms with E-state index < -0.39 is 38.3 Å². The van der Waals surface area contributed by atoms with Crippen molar-refractivity contribution in [2.24, 2.45) is 0 Å². The number of rotatable bonds is 6. The molecular weight excluding hydrogens is 469 g/mol. The maximum Gasteiger partial charge on any atom is 0.261 e. The van der Waals surface area contributed by atoms with Gasteiger partial charge in [-0.1, -0.05) is 12.1 Å². The molecule has 0 aliphatic carbocycles. The quantitative estimate of drug-likeness (QED) is 0.415. The van der Waals surface area contributed by atoms with Crippen molar-refractivity contribution in [3.8, 4) is 5.69 Å². The van der Waals surface area contributed by atoms with Crippen LogP contribution in [0, 0.1) is 24.4 Å². The lowest BCUT2D eigenvalue weighted by Crippen LogP contribution is -2.14. The zero-order valence-electron chi connectivity index (χ0n) is 17.6. The van der Waals surface area contributed by atoms with Gasteiger partial charge >= 0.3 is 0 Å². The predicted octanol–water partition coefficient (Wildman–Crippen LogP) is 4.65. The van der Waals surface area contributed by atoms with Crippen LogP contribution in [0.3, 0.4) is 0 Å². The second kappa shape index (κ2) is 9.02. The highest BCUT2D eigenvalue weighted by molar-refractivity contribution is 7.92. The molecule has 11 heteroatoms. The van der Waals surface area contributed by atoms with Crippen LogP contribution < -0.4 is 10.0 Å². The average Bonchev–Trinajstić information content (AvgIpc) is 3.18. The summed E-state index contributed by atoms with van der Waals surface area (Å²) < 4.78 is 68.9. The first-order valence-electron chi connectivity index (χ1n) is 9.84. The predicted molar refractivity (Wildman–Crippen MR) is 120 cm³/mol. The molecule has 1 heterocycles. The number of anilines is 2. The van der Waals surface area contributed by atoms with Gasteiger partial charge in [-0.25, -0.2) is 26.3 Å². The molecule has 34 heavy (non-hydrogen) atoms. The number of carbonyl (C=O) groups excluding carboxylic acids is 1. The summed E-state index contributed by atoms with van der Waals surface area (Å²) in [7, 11) is -4.15. The number of benzene rings is 3. The highest BCUT2D eigenvalue weighted by Crippen LogP contribution is 2.22. The van der Waals surface area contributed by atoms with Gasteiger partial charge in [-0.3, -0.25) is 9.52 Å². The van der Waals surface area contributed by atoms with E-state index in [2.05, 4.69) is 15.1 Å². The molecule has 174 valence electrons. The van der Waals surface area contributed by atoms with Crippen molar-refractivity contribution < 1.29 is 26.4 Å². The normalized spacial score (nSPS) is 11.3. The van der Waals surface area contributed by atoms with Crippen LogP contribution in [0.15, 0.2) is 77.8 Å². The fraction of sp³-hybridized carbons (Fsp3) is 0.0435. The summed E-state index contributed by atoms with van der Waals surface area (Å²) in [5.74, 6) is -3.42. The van der Waals surface area contributed by atoms with Crippen LogP contribution in [0.4, 0.5) is 24.5 Å². The van der Waals surface area contributed by atoms with Gasteiger partial charge in [-0.15, -0.1) is 0 Å². The summed E-state index contributed by atoms with van der Waals surface area (Å²) in [4.78, 5) is 12.2. The molecular formula is C23H17F3N4O3S. The Balaban J connectivity index is 1.47. The number of carbonyl (C=O) groups is 1. The maximum atomic E-state index is 14.1. The van der Waals surface area contributed by atoms with Crippen molar-refractivity contribution in [1.29, 1.82) is 0 Å². The number of hydrogen-bond donors (Lipinski definition) is 2. The third kappa shape index (κ3) is 4.64. The van der Waals surface area contributed by atoms with Crippen LogP contribution in [-0.4, -0.2) is 24.1 Å². The van der Waals surface area contributed by atoms with Crippen molar-refractivity contribution in [1.82, 2.24) is 9.78 Å². The first-order valence-corrected chi connectivity index (χ1v) is 11.3. The third-order valence-corrected chi connectivity index (χ3v) is 6.31. The fourth-order valence-corrected chi connectivity index (χ4v) is 4.25. The van der Waals surface area contributed by atoms with Gasteiger partial charge in [-0.05, 0) is 61.5 Å². The zero-order valence-corrected chi connectivity index (χ0v) is 18.4. The summed E-state index contributed by atoms with van der Waals surface area (Å²) in [5, 5.41) is 6.75. The molecule has 0 aliphatic heterocycles. The van der Waals surface area contributed by atoms with Crippen molar-refractivity contribution >= 4 is 27.3 Å². The monoisotopic (exact) mass is 486 g/mol. The largest absolute Gasteiger partial charge is 0.322 e. The molecule has 4 aromatic rings. The Labute approximate surface area is 192 Å². The summed E-state index contributed by atoms with van der Waals surface area (Å²) in [6, 6.07) is 14.0. The number of halogens is 3. The zero-order chi connectivity index (χ0) is 24.5. The number of amides is 1. The lowest BCUT2D eigenvalue weighted by molar-refractivity contribution is 0.102. The lowest BCUT2D eigenvalue weighted by atomic mass is 10.2. The second-order valence-electron chi connectivity index (χ2n) is 7.22. The van der Waals surface area contributed by atoms with Crippen LogP contribution in [0.2, 0.25) is 0 Å². The first kappa shape index (κ1) is 23.1. The number of para-hydroxylation sites is 1. The molecule has 0 radical (unpaired) electrons. The van der Waals surface area contributed by atoms with E-state index in [1.165, 1.54) is 47.3 Å². The van der Waals surface area contributed by atoms with E-state index in [-0.39, 0.29) is 16.9 Å². The molecule has 0 saturated heterocycles. The Morgan fingerprint density at radius 3 is 2.24 bits per heavy atom. The van der Waals surface area contributed by atoms with E-state index in [0.29, 0.717) is 17.4 Å². The maximum absolute atomic E-state index is 14.1. The van der Waals surface area contributed by atoms with E-state index in [0.717, 1.165) is 12.1 Å². The molecule has 7 nitrogen and oxygen atoms in total. The van der Waals surface area contributed by atoms with E-state index in [9.17, 15) is 26.4 Å². The number of hydrogen-bond acceptors (Lipinski definition) is 4. The molecule has 4 rings (SSSR count). The molecule has 1 amide bonds. The van der Waals surface area contributed by atoms with Gasteiger partial charge in [0.2, 0.25) is 0 Å². The molecule has 0 unspecified atom stereocenters. The molecule has 0 spiro atoms. The highest BCUT2D eigenvalue weighted by Gasteiger charge is 2.18. The van der Waals surface area contributed by atoms with Gasteiger partial charge in [0.15, 0.2) is 11.6 Å². The molecule has 3 aromatic carbocycles. The summed E-state index contributed by atoms with van der Waals surface area (Å²) >= 11 is 0. The van der Waals surface area contributed by atoms with Crippen LogP contribution in [0.25, 0.3) is 5.69 Å². The number of sulfonamides is 1. The van der Waals surface area contributed by atoms with E-state index in [1.807, 2.05) is 0 Å². The Bertz CT molecular complexity index is 1490. The van der Waals surface area contributed by atoms with Gasteiger partial charge in [0, 0.05) is 11.4 Å². The average molecular weight is 486 g/mol. The van der Waals surface area contributed by atoms with Crippen molar-refractivity contribution in [2.45, 2.75) is 11.8 Å². The molecule has 0 saturated carbocycles.